The molecule has 0 unspecified atom stereocenters. The number of nitrogens with zero attached hydrogens (tertiary/aromatic N) is 3. The standard InChI is InChI=1S/C8H6BrN5O/c9-7-2-1-5(3-10-7)12-8(15)6-4-11-14-13-6/h1-4H,(H,12,15)(H,11,13,14). The molecule has 2 aromatic heterocycles. The molecule has 2 aromatic rings. The van der Waals surface area contributed by atoms with Gasteiger partial charge in [0, 0.05) is 0 Å². The predicted molar refractivity (Wildman–Crippen MR) is 56.3 cm³/mol. The van der Waals surface area contributed by atoms with Crippen molar-refractivity contribution in [3.05, 3.63) is 34.8 Å². The summed E-state index contributed by atoms with van der Waals surface area (Å²) in [6.45, 7) is 0. The van der Waals surface area contributed by atoms with Gasteiger partial charge < -0.3 is 5.32 Å². The Bertz CT molecular complexity index is 452. The van der Waals surface area contributed by atoms with Gasteiger partial charge in [-0.1, -0.05) is 0 Å². The Hall–Kier alpha value is -1.76. The number of carbonyl (C=O) groups is 1. The lowest BCUT2D eigenvalue weighted by Gasteiger charge is -2.01. The summed E-state index contributed by atoms with van der Waals surface area (Å²) in [5.74, 6) is -0.326. The molecule has 6 nitrogen and oxygen atoms in total. The minimum atomic E-state index is -0.326. The van der Waals surface area contributed by atoms with Gasteiger partial charge >= 0.3 is 0 Å². The van der Waals surface area contributed by atoms with E-state index in [1.54, 1.807) is 18.3 Å². The normalized spacial score (nSPS) is 9.93. The molecule has 0 fully saturated rings. The number of pyridine rings is 1. The zero-order valence-electron chi connectivity index (χ0n) is 7.44. The van der Waals surface area contributed by atoms with Gasteiger partial charge in [-0.25, -0.2) is 4.98 Å². The third-order valence-electron chi connectivity index (χ3n) is 1.63. The van der Waals surface area contributed by atoms with Crippen molar-refractivity contribution in [1.82, 2.24) is 20.4 Å². The third-order valence-corrected chi connectivity index (χ3v) is 2.10. The van der Waals surface area contributed by atoms with E-state index in [-0.39, 0.29) is 11.6 Å². The molecule has 2 heterocycles. The largest absolute Gasteiger partial charge is 0.319 e. The molecule has 7 heteroatoms. The molecule has 76 valence electrons. The fraction of sp³-hybridized carbons (Fsp3) is 0. The van der Waals surface area contributed by atoms with E-state index in [1.165, 1.54) is 6.20 Å². The molecular weight excluding hydrogens is 262 g/mol. The highest BCUT2D eigenvalue weighted by molar-refractivity contribution is 9.10. The lowest BCUT2D eigenvalue weighted by atomic mass is 10.4. The molecule has 0 bridgehead atoms. The zero-order valence-corrected chi connectivity index (χ0v) is 9.02. The van der Waals surface area contributed by atoms with E-state index >= 15 is 0 Å². The third kappa shape index (κ3) is 2.38. The number of halogens is 1. The molecular formula is C8H6BrN5O. The number of amides is 1. The highest BCUT2D eigenvalue weighted by Gasteiger charge is 2.08. The van der Waals surface area contributed by atoms with Gasteiger partial charge in [0.2, 0.25) is 0 Å². The quantitative estimate of drug-likeness (QED) is 0.802. The molecule has 2 rings (SSSR count). The second-order valence-corrected chi connectivity index (χ2v) is 3.49. The average Bonchev–Trinajstić information content (AvgIpc) is 2.74. The van der Waals surface area contributed by atoms with Crippen LogP contribution in [0.2, 0.25) is 0 Å². The van der Waals surface area contributed by atoms with Gasteiger partial charge in [0.15, 0.2) is 5.69 Å². The second kappa shape index (κ2) is 4.18. The first-order valence-electron chi connectivity index (χ1n) is 4.04. The van der Waals surface area contributed by atoms with Crippen LogP contribution in [-0.2, 0) is 0 Å². The van der Waals surface area contributed by atoms with Gasteiger partial charge in [-0.05, 0) is 28.1 Å². The van der Waals surface area contributed by atoms with Crippen molar-refractivity contribution >= 4 is 27.5 Å². The Morgan fingerprint density at radius 3 is 2.87 bits per heavy atom. The van der Waals surface area contributed by atoms with E-state index in [9.17, 15) is 4.79 Å². The van der Waals surface area contributed by atoms with E-state index in [4.69, 9.17) is 0 Å². The summed E-state index contributed by atoms with van der Waals surface area (Å²) in [6, 6.07) is 3.47. The van der Waals surface area contributed by atoms with Crippen molar-refractivity contribution in [2.75, 3.05) is 5.32 Å². The number of hydrogen-bond donors (Lipinski definition) is 2. The zero-order chi connectivity index (χ0) is 10.7. The molecule has 0 aromatic carbocycles. The minimum Gasteiger partial charge on any atom is -0.319 e. The highest BCUT2D eigenvalue weighted by Crippen LogP contribution is 2.10. The summed E-state index contributed by atoms with van der Waals surface area (Å²) in [6.07, 6.45) is 2.89. The van der Waals surface area contributed by atoms with Crippen LogP contribution in [0.15, 0.2) is 29.1 Å². The summed E-state index contributed by atoms with van der Waals surface area (Å²) in [5, 5.41) is 12.2. The molecule has 0 radical (unpaired) electrons. The first-order valence-corrected chi connectivity index (χ1v) is 4.83. The summed E-state index contributed by atoms with van der Waals surface area (Å²) < 4.78 is 0.710. The van der Waals surface area contributed by atoms with Crippen LogP contribution in [0, 0.1) is 0 Å². The van der Waals surface area contributed by atoms with E-state index < -0.39 is 0 Å². The second-order valence-electron chi connectivity index (χ2n) is 2.68. The molecule has 0 aliphatic carbocycles. The Balaban J connectivity index is 2.09. The topological polar surface area (TPSA) is 83.6 Å². The maximum atomic E-state index is 11.5. The van der Waals surface area contributed by atoms with Crippen molar-refractivity contribution < 1.29 is 4.79 Å². The van der Waals surface area contributed by atoms with Crippen LogP contribution in [-0.4, -0.2) is 26.3 Å². The predicted octanol–water partition coefficient (Wildman–Crippen LogP) is 1.21. The first kappa shape index (κ1) is 9.78. The summed E-state index contributed by atoms with van der Waals surface area (Å²) >= 11 is 3.20. The Labute approximate surface area is 93.2 Å². The molecule has 0 aliphatic rings. The maximum absolute atomic E-state index is 11.5. The van der Waals surface area contributed by atoms with Gasteiger partial charge in [-0.3, -0.25) is 4.79 Å². The van der Waals surface area contributed by atoms with Crippen LogP contribution in [0.5, 0.6) is 0 Å². The number of H-pyrrole nitrogens is 1. The number of rotatable bonds is 2. The first-order chi connectivity index (χ1) is 7.25. The Morgan fingerprint density at radius 1 is 1.40 bits per heavy atom. The van der Waals surface area contributed by atoms with Crippen molar-refractivity contribution in [3.8, 4) is 0 Å². The molecule has 15 heavy (non-hydrogen) atoms. The molecule has 0 saturated heterocycles. The lowest BCUT2D eigenvalue weighted by Crippen LogP contribution is -2.12. The number of carbonyl (C=O) groups excluding carboxylic acids is 1. The smallest absolute Gasteiger partial charge is 0.277 e. The van der Waals surface area contributed by atoms with Gasteiger partial charge in [-0.15, -0.1) is 0 Å². The van der Waals surface area contributed by atoms with Crippen LogP contribution in [0.1, 0.15) is 10.5 Å². The average molecular weight is 268 g/mol. The van der Waals surface area contributed by atoms with Crippen molar-refractivity contribution in [3.63, 3.8) is 0 Å². The molecule has 0 spiro atoms. The van der Waals surface area contributed by atoms with Crippen LogP contribution in [0.25, 0.3) is 0 Å². The van der Waals surface area contributed by atoms with Crippen molar-refractivity contribution in [2.45, 2.75) is 0 Å². The summed E-state index contributed by atoms with van der Waals surface area (Å²) in [4.78, 5) is 15.5. The molecule has 2 N–H and O–H groups in total. The fourth-order valence-corrected chi connectivity index (χ4v) is 1.19. The Morgan fingerprint density at radius 2 is 2.27 bits per heavy atom. The lowest BCUT2D eigenvalue weighted by molar-refractivity contribution is 0.102. The molecule has 0 saturated carbocycles. The summed E-state index contributed by atoms with van der Waals surface area (Å²) in [7, 11) is 0. The summed E-state index contributed by atoms with van der Waals surface area (Å²) in [5.41, 5.74) is 0.837. The molecule has 1 amide bonds. The number of aromatic amines is 1. The van der Waals surface area contributed by atoms with E-state index in [0.29, 0.717) is 10.3 Å². The Kier molecular flexibility index (Phi) is 2.72. The fourth-order valence-electron chi connectivity index (χ4n) is 0.956. The van der Waals surface area contributed by atoms with Gasteiger partial charge in [0.05, 0.1) is 18.1 Å². The van der Waals surface area contributed by atoms with Gasteiger partial charge in [0.25, 0.3) is 5.91 Å². The number of hydrogen-bond acceptors (Lipinski definition) is 4. The van der Waals surface area contributed by atoms with Gasteiger partial charge in [-0.2, -0.15) is 15.4 Å². The number of anilines is 1. The van der Waals surface area contributed by atoms with Gasteiger partial charge in [0.1, 0.15) is 4.60 Å². The van der Waals surface area contributed by atoms with Crippen molar-refractivity contribution in [1.29, 1.82) is 0 Å². The molecule has 0 aliphatic heterocycles. The van der Waals surface area contributed by atoms with E-state index in [2.05, 4.69) is 41.6 Å². The highest BCUT2D eigenvalue weighted by atomic mass is 79.9. The van der Waals surface area contributed by atoms with Crippen molar-refractivity contribution in [2.24, 2.45) is 0 Å². The minimum absolute atomic E-state index is 0.234. The SMILES string of the molecule is O=C(Nc1ccc(Br)nc1)c1cn[nH]n1. The van der Waals surface area contributed by atoms with Crippen LogP contribution in [0.4, 0.5) is 5.69 Å². The van der Waals surface area contributed by atoms with Crippen LogP contribution in [0.3, 0.4) is 0 Å². The monoisotopic (exact) mass is 267 g/mol. The van der Waals surface area contributed by atoms with Crippen LogP contribution >= 0.6 is 15.9 Å². The number of aromatic nitrogens is 4. The van der Waals surface area contributed by atoms with E-state index in [1.807, 2.05) is 0 Å². The van der Waals surface area contributed by atoms with Crippen LogP contribution < -0.4 is 5.32 Å². The number of nitrogens with one attached hydrogen (secondary N) is 2. The van der Waals surface area contributed by atoms with E-state index in [0.717, 1.165) is 0 Å². The maximum Gasteiger partial charge on any atom is 0.277 e. The molecule has 0 atom stereocenters.